The van der Waals surface area contributed by atoms with Crippen molar-refractivity contribution in [2.24, 2.45) is 0 Å². The van der Waals surface area contributed by atoms with Gasteiger partial charge < -0.3 is 14.6 Å². The van der Waals surface area contributed by atoms with Crippen molar-refractivity contribution >= 4 is 47.0 Å². The molecule has 0 aliphatic carbocycles. The van der Waals surface area contributed by atoms with Gasteiger partial charge in [-0.25, -0.2) is 9.69 Å². The van der Waals surface area contributed by atoms with E-state index < -0.39 is 5.97 Å². The van der Waals surface area contributed by atoms with E-state index in [4.69, 9.17) is 14.6 Å². The van der Waals surface area contributed by atoms with E-state index in [2.05, 4.69) is 0 Å². The van der Waals surface area contributed by atoms with Crippen LogP contribution in [0.15, 0.2) is 105 Å². The molecule has 1 heterocycles. The minimum Gasteiger partial charge on any atom is -0.491 e. The zero-order valence-corrected chi connectivity index (χ0v) is 20.1. The lowest BCUT2D eigenvalue weighted by molar-refractivity contribution is -0.142. The number of carbonyl (C=O) groups excluding carboxylic acids is 2. The molecule has 0 saturated heterocycles. The number of rotatable bonds is 11. The largest absolute Gasteiger partial charge is 0.491 e. The second kappa shape index (κ2) is 11.7. The van der Waals surface area contributed by atoms with Crippen molar-refractivity contribution in [2.75, 3.05) is 24.7 Å². The second-order valence-corrected chi connectivity index (χ2v) is 9.39. The SMILES string of the molecule is O=C(O)COCCOc1ccc(N2C(=O)C(Sc3ccccc3)=C(Sc3ccccc3)C2=O)cc1. The van der Waals surface area contributed by atoms with Gasteiger partial charge in [-0.3, -0.25) is 9.59 Å². The smallest absolute Gasteiger partial charge is 0.329 e. The maximum atomic E-state index is 13.4. The molecule has 7 nitrogen and oxygen atoms in total. The van der Waals surface area contributed by atoms with Gasteiger partial charge in [-0.1, -0.05) is 59.9 Å². The first-order valence-electron chi connectivity index (χ1n) is 10.6. The molecule has 0 atom stereocenters. The van der Waals surface area contributed by atoms with Gasteiger partial charge in [0.1, 0.15) is 19.0 Å². The van der Waals surface area contributed by atoms with Crippen LogP contribution < -0.4 is 9.64 Å². The molecule has 9 heteroatoms. The molecular weight excluding hydrogens is 486 g/mol. The van der Waals surface area contributed by atoms with E-state index in [1.165, 1.54) is 28.4 Å². The Labute approximate surface area is 210 Å². The molecule has 4 rings (SSSR count). The lowest BCUT2D eigenvalue weighted by atomic mass is 10.3. The van der Waals surface area contributed by atoms with E-state index in [1.807, 2.05) is 60.7 Å². The van der Waals surface area contributed by atoms with Crippen LogP contribution in [0.1, 0.15) is 0 Å². The van der Waals surface area contributed by atoms with E-state index in [0.29, 0.717) is 21.2 Å². The molecule has 1 aliphatic heterocycles. The third kappa shape index (κ3) is 6.33. The summed E-state index contributed by atoms with van der Waals surface area (Å²) in [6.07, 6.45) is 0. The summed E-state index contributed by atoms with van der Waals surface area (Å²) in [7, 11) is 0. The normalized spacial score (nSPS) is 13.4. The fourth-order valence-corrected chi connectivity index (χ4v) is 5.21. The summed E-state index contributed by atoms with van der Waals surface area (Å²) in [4.78, 5) is 41.0. The lowest BCUT2D eigenvalue weighted by Gasteiger charge is -2.16. The lowest BCUT2D eigenvalue weighted by Crippen LogP contribution is -2.31. The van der Waals surface area contributed by atoms with Crippen LogP contribution in [0.25, 0.3) is 0 Å². The monoisotopic (exact) mass is 507 g/mol. The van der Waals surface area contributed by atoms with Crippen LogP contribution in [0, 0.1) is 0 Å². The molecule has 0 spiro atoms. The van der Waals surface area contributed by atoms with Crippen molar-refractivity contribution < 1.29 is 29.0 Å². The number of nitrogens with zero attached hydrogens (tertiary/aromatic N) is 1. The van der Waals surface area contributed by atoms with Crippen LogP contribution in [-0.2, 0) is 19.1 Å². The Morgan fingerprint density at radius 1 is 0.743 bits per heavy atom. The Morgan fingerprint density at radius 2 is 1.26 bits per heavy atom. The van der Waals surface area contributed by atoms with Gasteiger partial charge in [0, 0.05) is 9.79 Å². The van der Waals surface area contributed by atoms with Crippen molar-refractivity contribution in [1.29, 1.82) is 0 Å². The van der Waals surface area contributed by atoms with Crippen LogP contribution in [-0.4, -0.2) is 42.7 Å². The zero-order valence-electron chi connectivity index (χ0n) is 18.5. The summed E-state index contributed by atoms with van der Waals surface area (Å²) in [5, 5.41) is 8.58. The van der Waals surface area contributed by atoms with Crippen molar-refractivity contribution in [3.05, 3.63) is 94.7 Å². The predicted octanol–water partition coefficient (Wildman–Crippen LogP) is 4.84. The fourth-order valence-electron chi connectivity index (χ4n) is 3.19. The number of ether oxygens (including phenoxy) is 2. The highest BCUT2D eigenvalue weighted by Crippen LogP contribution is 2.43. The minimum absolute atomic E-state index is 0.126. The fraction of sp³-hybridized carbons (Fsp3) is 0.115. The molecular formula is C26H21NO6S2. The molecule has 178 valence electrons. The van der Waals surface area contributed by atoms with E-state index in [-0.39, 0.29) is 31.6 Å². The number of carboxylic acid groups (broad SMARTS) is 1. The van der Waals surface area contributed by atoms with Crippen molar-refractivity contribution in [2.45, 2.75) is 9.79 Å². The Hall–Kier alpha value is -3.53. The number of imide groups is 1. The number of anilines is 1. The van der Waals surface area contributed by atoms with E-state index in [9.17, 15) is 14.4 Å². The Morgan fingerprint density at radius 3 is 1.74 bits per heavy atom. The quantitative estimate of drug-likeness (QED) is 0.291. The highest BCUT2D eigenvalue weighted by Gasteiger charge is 2.40. The summed E-state index contributed by atoms with van der Waals surface area (Å²) < 4.78 is 10.5. The number of hydrogen-bond donors (Lipinski definition) is 1. The van der Waals surface area contributed by atoms with Crippen molar-refractivity contribution in [3.63, 3.8) is 0 Å². The van der Waals surface area contributed by atoms with E-state index in [1.54, 1.807) is 24.3 Å². The first-order chi connectivity index (χ1) is 17.0. The van der Waals surface area contributed by atoms with Crippen molar-refractivity contribution in [1.82, 2.24) is 0 Å². The summed E-state index contributed by atoms with van der Waals surface area (Å²) in [5.41, 5.74) is 0.435. The standard InChI is InChI=1S/C26H21NO6S2/c28-22(29)17-32-15-16-33-19-13-11-18(12-14-19)27-25(30)23(34-20-7-3-1-4-8-20)24(26(27)31)35-21-9-5-2-6-10-21/h1-14H,15-17H2,(H,28,29). The highest BCUT2D eigenvalue weighted by atomic mass is 32.2. The maximum absolute atomic E-state index is 13.4. The third-order valence-electron chi connectivity index (χ3n) is 4.74. The summed E-state index contributed by atoms with van der Waals surface area (Å²) in [6, 6.07) is 25.5. The topological polar surface area (TPSA) is 93.1 Å². The minimum atomic E-state index is -1.04. The molecule has 3 aromatic rings. The molecule has 0 unspecified atom stereocenters. The van der Waals surface area contributed by atoms with Crippen LogP contribution in [0.4, 0.5) is 5.69 Å². The van der Waals surface area contributed by atoms with Gasteiger partial charge in [-0.05, 0) is 48.5 Å². The molecule has 2 amide bonds. The molecule has 0 bridgehead atoms. The summed E-state index contributed by atoms with van der Waals surface area (Å²) >= 11 is 2.55. The number of carbonyl (C=O) groups is 3. The van der Waals surface area contributed by atoms with Gasteiger partial charge in [0.2, 0.25) is 0 Å². The van der Waals surface area contributed by atoms with Gasteiger partial charge >= 0.3 is 5.97 Å². The van der Waals surface area contributed by atoms with Crippen LogP contribution in [0.2, 0.25) is 0 Å². The molecule has 3 aromatic carbocycles. The van der Waals surface area contributed by atoms with E-state index in [0.717, 1.165) is 9.79 Å². The van der Waals surface area contributed by atoms with Gasteiger partial charge in [0.15, 0.2) is 0 Å². The number of amides is 2. The van der Waals surface area contributed by atoms with Crippen LogP contribution in [0.3, 0.4) is 0 Å². The number of thioether (sulfide) groups is 2. The first kappa shape index (κ1) is 24.6. The Balaban J connectivity index is 1.51. The molecule has 1 N–H and O–H groups in total. The highest BCUT2D eigenvalue weighted by molar-refractivity contribution is 8.08. The molecule has 0 saturated carbocycles. The van der Waals surface area contributed by atoms with Gasteiger partial charge in [0.25, 0.3) is 11.8 Å². The summed E-state index contributed by atoms with van der Waals surface area (Å²) in [5.74, 6) is -1.29. The molecule has 0 fully saturated rings. The molecule has 0 aromatic heterocycles. The van der Waals surface area contributed by atoms with E-state index >= 15 is 0 Å². The van der Waals surface area contributed by atoms with Crippen LogP contribution in [0.5, 0.6) is 5.75 Å². The molecule has 1 aliphatic rings. The number of hydrogen-bond acceptors (Lipinski definition) is 7. The Kier molecular flexibility index (Phi) is 8.25. The number of benzene rings is 3. The average molecular weight is 508 g/mol. The molecule has 35 heavy (non-hydrogen) atoms. The second-order valence-electron chi connectivity index (χ2n) is 7.22. The van der Waals surface area contributed by atoms with Crippen LogP contribution >= 0.6 is 23.5 Å². The number of aliphatic carboxylic acids is 1. The Bertz CT molecular complexity index is 1170. The van der Waals surface area contributed by atoms with Crippen molar-refractivity contribution in [3.8, 4) is 5.75 Å². The van der Waals surface area contributed by atoms with Gasteiger partial charge in [-0.15, -0.1) is 0 Å². The van der Waals surface area contributed by atoms with Gasteiger partial charge in [-0.2, -0.15) is 0 Å². The maximum Gasteiger partial charge on any atom is 0.329 e. The zero-order chi connectivity index (χ0) is 24.6. The number of carboxylic acids is 1. The third-order valence-corrected chi connectivity index (χ3v) is 7.05. The average Bonchev–Trinajstić information content (AvgIpc) is 3.09. The van der Waals surface area contributed by atoms with Gasteiger partial charge in [0.05, 0.1) is 22.1 Å². The summed E-state index contributed by atoms with van der Waals surface area (Å²) in [6.45, 7) is -0.0895. The predicted molar refractivity (Wildman–Crippen MR) is 135 cm³/mol. The molecule has 0 radical (unpaired) electrons. The first-order valence-corrected chi connectivity index (χ1v) is 12.3.